The lowest BCUT2D eigenvalue weighted by Gasteiger charge is -2.22. The van der Waals surface area contributed by atoms with Crippen molar-refractivity contribution >= 4 is 0 Å². The number of methoxy groups -OCH3 is 1. The second-order valence-corrected chi connectivity index (χ2v) is 3.62. The molecule has 3 heteroatoms. The van der Waals surface area contributed by atoms with Crippen molar-refractivity contribution in [3.05, 3.63) is 0 Å². The fourth-order valence-electron chi connectivity index (χ4n) is 1.50. The Morgan fingerprint density at radius 3 is 2.43 bits per heavy atom. The largest absolute Gasteiger partial charge is 0.385 e. The average molecular weight is 203 g/mol. The van der Waals surface area contributed by atoms with Crippen LogP contribution < -0.4 is 5.73 Å². The van der Waals surface area contributed by atoms with Crippen molar-refractivity contribution in [2.45, 2.75) is 51.7 Å². The van der Waals surface area contributed by atoms with E-state index in [9.17, 15) is 0 Å². The van der Waals surface area contributed by atoms with Crippen LogP contribution in [-0.4, -0.2) is 32.5 Å². The molecule has 2 N–H and O–H groups in total. The summed E-state index contributed by atoms with van der Waals surface area (Å²) < 4.78 is 10.7. The van der Waals surface area contributed by atoms with Crippen LogP contribution >= 0.6 is 0 Å². The Balaban J connectivity index is 3.56. The molecule has 0 amide bonds. The molecule has 2 atom stereocenters. The third-order valence-electron chi connectivity index (χ3n) is 2.33. The first-order valence-corrected chi connectivity index (χ1v) is 5.62. The van der Waals surface area contributed by atoms with Gasteiger partial charge in [0.1, 0.15) is 0 Å². The van der Waals surface area contributed by atoms with Gasteiger partial charge in [-0.3, -0.25) is 0 Å². The summed E-state index contributed by atoms with van der Waals surface area (Å²) in [5.41, 5.74) is 6.00. The van der Waals surface area contributed by atoms with Crippen LogP contribution in [0.4, 0.5) is 0 Å². The molecular weight excluding hydrogens is 178 g/mol. The van der Waals surface area contributed by atoms with Crippen LogP contribution in [0.5, 0.6) is 0 Å². The molecular formula is C11H25NO2. The maximum atomic E-state index is 6.00. The lowest BCUT2D eigenvalue weighted by molar-refractivity contribution is 0.0204. The summed E-state index contributed by atoms with van der Waals surface area (Å²) in [6.07, 6.45) is 4.33. The highest BCUT2D eigenvalue weighted by molar-refractivity contribution is 4.71. The minimum Gasteiger partial charge on any atom is -0.385 e. The summed E-state index contributed by atoms with van der Waals surface area (Å²) in [6, 6.07) is 0.188. The van der Waals surface area contributed by atoms with E-state index in [-0.39, 0.29) is 12.1 Å². The fraction of sp³-hybridized carbons (Fsp3) is 1.00. The third-order valence-corrected chi connectivity index (χ3v) is 2.33. The van der Waals surface area contributed by atoms with Gasteiger partial charge < -0.3 is 15.2 Å². The van der Waals surface area contributed by atoms with Gasteiger partial charge in [-0.15, -0.1) is 0 Å². The highest BCUT2D eigenvalue weighted by atomic mass is 16.5. The van der Waals surface area contributed by atoms with E-state index in [1.54, 1.807) is 7.11 Å². The summed E-state index contributed by atoms with van der Waals surface area (Å²) in [7, 11) is 1.71. The van der Waals surface area contributed by atoms with E-state index < -0.39 is 0 Å². The van der Waals surface area contributed by atoms with Crippen LogP contribution in [0.1, 0.15) is 39.5 Å². The predicted octanol–water partition coefficient (Wildman–Crippen LogP) is 1.95. The van der Waals surface area contributed by atoms with E-state index >= 15 is 0 Å². The summed E-state index contributed by atoms with van der Waals surface area (Å²) in [4.78, 5) is 0. The summed E-state index contributed by atoms with van der Waals surface area (Å²) in [5.74, 6) is 0. The second-order valence-electron chi connectivity index (χ2n) is 3.62. The lowest BCUT2D eigenvalue weighted by atomic mass is 10.0. The minimum atomic E-state index is 0.188. The minimum absolute atomic E-state index is 0.188. The van der Waals surface area contributed by atoms with Crippen molar-refractivity contribution in [1.29, 1.82) is 0 Å². The molecule has 0 rings (SSSR count). The Bertz CT molecular complexity index is 120. The average Bonchev–Trinajstić information content (AvgIpc) is 2.18. The zero-order valence-electron chi connectivity index (χ0n) is 9.79. The van der Waals surface area contributed by atoms with Gasteiger partial charge in [-0.2, -0.15) is 0 Å². The molecule has 0 aliphatic rings. The highest BCUT2D eigenvalue weighted by Gasteiger charge is 2.14. The van der Waals surface area contributed by atoms with Crippen molar-refractivity contribution in [1.82, 2.24) is 0 Å². The molecule has 14 heavy (non-hydrogen) atoms. The van der Waals surface area contributed by atoms with Gasteiger partial charge in [0.05, 0.1) is 6.10 Å². The first kappa shape index (κ1) is 13.9. The number of hydrogen-bond acceptors (Lipinski definition) is 3. The highest BCUT2D eigenvalue weighted by Crippen LogP contribution is 2.08. The van der Waals surface area contributed by atoms with Gasteiger partial charge in [0.25, 0.3) is 0 Å². The maximum absolute atomic E-state index is 6.00. The van der Waals surface area contributed by atoms with Gasteiger partial charge >= 0.3 is 0 Å². The van der Waals surface area contributed by atoms with E-state index in [1.807, 2.05) is 0 Å². The maximum Gasteiger partial charge on any atom is 0.0723 e. The molecule has 2 unspecified atom stereocenters. The Morgan fingerprint density at radius 2 is 1.93 bits per heavy atom. The van der Waals surface area contributed by atoms with Crippen LogP contribution in [0.3, 0.4) is 0 Å². The number of hydrogen-bond donors (Lipinski definition) is 1. The molecule has 0 aliphatic carbocycles. The van der Waals surface area contributed by atoms with Crippen LogP contribution in [0, 0.1) is 0 Å². The molecule has 0 saturated heterocycles. The van der Waals surface area contributed by atoms with Crippen molar-refractivity contribution in [2.24, 2.45) is 5.73 Å². The van der Waals surface area contributed by atoms with Gasteiger partial charge in [0, 0.05) is 26.4 Å². The van der Waals surface area contributed by atoms with Gasteiger partial charge in [0.15, 0.2) is 0 Å². The first-order chi connectivity index (χ1) is 6.76. The van der Waals surface area contributed by atoms with Crippen LogP contribution in [0.25, 0.3) is 0 Å². The van der Waals surface area contributed by atoms with Crippen molar-refractivity contribution in [3.8, 4) is 0 Å². The molecule has 0 aromatic rings. The van der Waals surface area contributed by atoms with Crippen LogP contribution in [0.2, 0.25) is 0 Å². The number of rotatable bonds is 9. The zero-order valence-corrected chi connectivity index (χ0v) is 9.79. The molecule has 86 valence electrons. The normalized spacial score (nSPS) is 15.4. The molecule has 0 radical (unpaired) electrons. The standard InChI is InChI=1S/C11H25NO2/c1-4-7-10(12)11(5-2)14-9-6-8-13-3/h10-11H,4-9,12H2,1-3H3. The van der Waals surface area contributed by atoms with Crippen LogP contribution in [-0.2, 0) is 9.47 Å². The smallest absolute Gasteiger partial charge is 0.0723 e. The second kappa shape index (κ2) is 9.44. The molecule has 0 aromatic carbocycles. The third kappa shape index (κ3) is 6.35. The van der Waals surface area contributed by atoms with Gasteiger partial charge in [-0.25, -0.2) is 0 Å². The molecule has 0 bridgehead atoms. The molecule has 0 heterocycles. The van der Waals surface area contributed by atoms with Crippen molar-refractivity contribution in [3.63, 3.8) is 0 Å². The number of ether oxygens (including phenoxy) is 2. The molecule has 0 fully saturated rings. The monoisotopic (exact) mass is 203 g/mol. The summed E-state index contributed by atoms with van der Waals surface area (Å²) in [5, 5.41) is 0. The van der Waals surface area contributed by atoms with Gasteiger partial charge in [-0.1, -0.05) is 20.3 Å². The Kier molecular flexibility index (Phi) is 9.35. The number of nitrogens with two attached hydrogens (primary N) is 1. The zero-order chi connectivity index (χ0) is 10.8. The lowest BCUT2D eigenvalue weighted by Crippen LogP contribution is -2.36. The van der Waals surface area contributed by atoms with Crippen molar-refractivity contribution < 1.29 is 9.47 Å². The Labute approximate surface area is 88.0 Å². The van der Waals surface area contributed by atoms with Crippen LogP contribution in [0.15, 0.2) is 0 Å². The Hall–Kier alpha value is -0.120. The van der Waals surface area contributed by atoms with Gasteiger partial charge in [-0.05, 0) is 19.3 Å². The molecule has 3 nitrogen and oxygen atoms in total. The quantitative estimate of drug-likeness (QED) is 0.582. The summed E-state index contributed by atoms with van der Waals surface area (Å²) >= 11 is 0. The molecule has 0 saturated carbocycles. The first-order valence-electron chi connectivity index (χ1n) is 5.62. The van der Waals surface area contributed by atoms with E-state index in [4.69, 9.17) is 15.2 Å². The Morgan fingerprint density at radius 1 is 1.21 bits per heavy atom. The SMILES string of the molecule is CCCC(N)C(CC)OCCCOC. The van der Waals surface area contributed by atoms with E-state index in [2.05, 4.69) is 13.8 Å². The summed E-state index contributed by atoms with van der Waals surface area (Å²) in [6.45, 7) is 5.79. The van der Waals surface area contributed by atoms with Crippen molar-refractivity contribution in [2.75, 3.05) is 20.3 Å². The molecule has 0 aliphatic heterocycles. The fourth-order valence-corrected chi connectivity index (χ4v) is 1.50. The molecule has 0 aromatic heterocycles. The molecule has 0 spiro atoms. The topological polar surface area (TPSA) is 44.5 Å². The van der Waals surface area contributed by atoms with E-state index in [1.165, 1.54) is 0 Å². The van der Waals surface area contributed by atoms with E-state index in [0.29, 0.717) is 0 Å². The van der Waals surface area contributed by atoms with E-state index in [0.717, 1.165) is 38.9 Å². The predicted molar refractivity (Wildman–Crippen MR) is 59.4 cm³/mol. The van der Waals surface area contributed by atoms with Gasteiger partial charge in [0.2, 0.25) is 0 Å².